The van der Waals surface area contributed by atoms with Crippen molar-refractivity contribution in [2.24, 2.45) is 11.8 Å². The van der Waals surface area contributed by atoms with E-state index in [4.69, 9.17) is 9.47 Å². The van der Waals surface area contributed by atoms with Gasteiger partial charge in [0.15, 0.2) is 0 Å². The number of rotatable bonds is 17. The van der Waals surface area contributed by atoms with Gasteiger partial charge in [-0.25, -0.2) is 0 Å². The fourth-order valence-corrected chi connectivity index (χ4v) is 4.17. The lowest BCUT2D eigenvalue weighted by atomic mass is 9.95. The van der Waals surface area contributed by atoms with Gasteiger partial charge in [0, 0.05) is 13.2 Å². The van der Waals surface area contributed by atoms with E-state index >= 15 is 0 Å². The largest absolute Gasteiger partial charge is 0.455 e. The summed E-state index contributed by atoms with van der Waals surface area (Å²) in [6.45, 7) is 8.86. The van der Waals surface area contributed by atoms with Crippen molar-refractivity contribution in [3.8, 4) is 0 Å². The van der Waals surface area contributed by atoms with Gasteiger partial charge < -0.3 is 25.2 Å². The molecule has 0 saturated heterocycles. The third-order valence-electron chi connectivity index (χ3n) is 6.22. The highest BCUT2D eigenvalue weighted by Crippen LogP contribution is 2.26. The second-order valence-corrected chi connectivity index (χ2v) is 9.42. The Labute approximate surface area is 231 Å². The fourth-order valence-electron chi connectivity index (χ4n) is 4.17. The zero-order chi connectivity index (χ0) is 28.6. The van der Waals surface area contributed by atoms with Crippen molar-refractivity contribution >= 4 is 17.8 Å². The van der Waals surface area contributed by atoms with Gasteiger partial charge in [0.1, 0.15) is 12.0 Å². The predicted molar refractivity (Wildman–Crippen MR) is 151 cm³/mol. The molecule has 2 amide bonds. The molecule has 3 N–H and O–H groups in total. The van der Waals surface area contributed by atoms with Gasteiger partial charge in [-0.3, -0.25) is 14.4 Å². The molecule has 0 fully saturated rings. The van der Waals surface area contributed by atoms with Gasteiger partial charge in [0.2, 0.25) is 11.8 Å². The summed E-state index contributed by atoms with van der Waals surface area (Å²) in [4.78, 5) is 39.6. The molecule has 8 heteroatoms. The number of aliphatic hydroxyl groups excluding tert-OH is 1. The minimum Gasteiger partial charge on any atom is -0.455 e. The second kappa shape index (κ2) is 17.0. The molecule has 1 unspecified atom stereocenters. The van der Waals surface area contributed by atoms with E-state index in [1.54, 1.807) is 13.0 Å². The van der Waals surface area contributed by atoms with Crippen LogP contribution in [0.5, 0.6) is 0 Å². The van der Waals surface area contributed by atoms with Gasteiger partial charge in [0.05, 0.1) is 25.2 Å². The zero-order valence-electron chi connectivity index (χ0n) is 22.8. The summed E-state index contributed by atoms with van der Waals surface area (Å²) in [6.07, 6.45) is 3.27. The predicted octanol–water partition coefficient (Wildman–Crippen LogP) is 3.53. The molecule has 0 saturated carbocycles. The Bertz CT molecular complexity index is 1060. The first-order valence-electron chi connectivity index (χ1n) is 13.1. The SMILES string of the molecule is C=CCC(C(=O)N[C@@H](COC)[C@@H](OC(=O)[C@@H](CC=C)Cc1ccccc1)c1ccccc1)C(=O)N[C@@H](C)CO. The van der Waals surface area contributed by atoms with Crippen LogP contribution in [0.4, 0.5) is 0 Å². The number of ether oxygens (including phenoxy) is 2. The molecule has 0 aliphatic carbocycles. The number of hydrogen-bond donors (Lipinski definition) is 3. The summed E-state index contributed by atoms with van der Waals surface area (Å²) in [5.74, 6) is -3.10. The molecule has 39 heavy (non-hydrogen) atoms. The van der Waals surface area contributed by atoms with Gasteiger partial charge in [0.25, 0.3) is 0 Å². The van der Waals surface area contributed by atoms with Crippen LogP contribution in [0.1, 0.15) is 37.0 Å². The zero-order valence-corrected chi connectivity index (χ0v) is 22.8. The summed E-state index contributed by atoms with van der Waals surface area (Å²) in [6, 6.07) is 17.4. The van der Waals surface area contributed by atoms with E-state index in [1.807, 2.05) is 60.7 Å². The molecule has 5 atom stereocenters. The topological polar surface area (TPSA) is 114 Å². The molecular formula is C31H40N2O6. The number of esters is 1. The average Bonchev–Trinajstić information content (AvgIpc) is 2.94. The molecule has 0 aromatic heterocycles. The molecule has 2 aromatic rings. The molecule has 2 rings (SSSR count). The number of aliphatic hydroxyl groups is 1. The van der Waals surface area contributed by atoms with Gasteiger partial charge in [-0.1, -0.05) is 72.8 Å². The molecule has 0 bridgehead atoms. The summed E-state index contributed by atoms with van der Waals surface area (Å²) in [5, 5.41) is 14.8. The minimum absolute atomic E-state index is 0.0266. The molecule has 0 spiro atoms. The van der Waals surface area contributed by atoms with E-state index in [0.29, 0.717) is 18.4 Å². The third kappa shape index (κ3) is 10.1. The first-order valence-corrected chi connectivity index (χ1v) is 13.1. The van der Waals surface area contributed by atoms with Crippen LogP contribution >= 0.6 is 0 Å². The maximum Gasteiger partial charge on any atom is 0.310 e. The number of hydrogen-bond acceptors (Lipinski definition) is 6. The fraction of sp³-hybridized carbons (Fsp3) is 0.387. The van der Waals surface area contributed by atoms with E-state index < -0.39 is 47.8 Å². The van der Waals surface area contributed by atoms with Crippen molar-refractivity contribution in [3.05, 3.63) is 97.1 Å². The number of carbonyl (C=O) groups excluding carboxylic acids is 3. The molecule has 210 valence electrons. The number of amides is 2. The molecule has 0 radical (unpaired) electrons. The first kappa shape index (κ1) is 31.5. The Morgan fingerprint density at radius 3 is 2.08 bits per heavy atom. The number of allylic oxidation sites excluding steroid dienone is 2. The number of carbonyl (C=O) groups is 3. The van der Waals surface area contributed by atoms with Crippen LogP contribution in [-0.2, 0) is 30.3 Å². The molecule has 0 aliphatic rings. The van der Waals surface area contributed by atoms with Gasteiger partial charge in [-0.15, -0.1) is 13.2 Å². The standard InChI is InChI=1S/C31H40N2O6/c1-5-13-25(19-23-15-9-7-10-16-23)31(37)39-28(24-17-11-8-12-18-24)27(21-38-4)33-30(36)26(14-6-2)29(35)32-22(3)20-34/h5-12,15-18,22,25-28,34H,1-2,13-14,19-21H2,3-4H3,(H,32,35)(H,33,36)/t22-,25-,26?,27-,28-/m0/s1. The quantitative estimate of drug-likeness (QED) is 0.162. The van der Waals surface area contributed by atoms with Gasteiger partial charge in [-0.05, 0) is 37.3 Å². The van der Waals surface area contributed by atoms with Crippen molar-refractivity contribution < 1.29 is 29.0 Å². The summed E-state index contributed by atoms with van der Waals surface area (Å²) < 4.78 is 11.5. The first-order chi connectivity index (χ1) is 18.8. The van der Waals surface area contributed by atoms with E-state index in [1.165, 1.54) is 13.2 Å². The highest BCUT2D eigenvalue weighted by molar-refractivity contribution is 6.00. The van der Waals surface area contributed by atoms with E-state index in [9.17, 15) is 19.5 Å². The van der Waals surface area contributed by atoms with Crippen LogP contribution in [-0.4, -0.2) is 55.3 Å². The number of benzene rings is 2. The van der Waals surface area contributed by atoms with Crippen LogP contribution < -0.4 is 10.6 Å². The third-order valence-corrected chi connectivity index (χ3v) is 6.22. The van der Waals surface area contributed by atoms with Crippen LogP contribution in [0.25, 0.3) is 0 Å². The molecular weight excluding hydrogens is 496 g/mol. The maximum absolute atomic E-state index is 13.5. The Morgan fingerprint density at radius 1 is 0.923 bits per heavy atom. The number of nitrogens with one attached hydrogen (secondary N) is 2. The summed E-state index contributed by atoms with van der Waals surface area (Å²) in [5.41, 5.74) is 1.67. The van der Waals surface area contributed by atoms with E-state index in [-0.39, 0.29) is 19.6 Å². The monoisotopic (exact) mass is 536 g/mol. The lowest BCUT2D eigenvalue weighted by Crippen LogP contribution is -2.50. The van der Waals surface area contributed by atoms with Gasteiger partial charge >= 0.3 is 5.97 Å². The van der Waals surface area contributed by atoms with Crippen molar-refractivity contribution in [1.29, 1.82) is 0 Å². The van der Waals surface area contributed by atoms with Crippen molar-refractivity contribution in [2.45, 2.75) is 44.4 Å². The van der Waals surface area contributed by atoms with Crippen molar-refractivity contribution in [1.82, 2.24) is 10.6 Å². The Kier molecular flexibility index (Phi) is 13.7. The smallest absolute Gasteiger partial charge is 0.310 e. The number of methoxy groups -OCH3 is 1. The Balaban J connectivity index is 2.33. The molecule has 0 aliphatic heterocycles. The average molecular weight is 537 g/mol. The van der Waals surface area contributed by atoms with Crippen LogP contribution in [0.15, 0.2) is 86.0 Å². The Morgan fingerprint density at radius 2 is 1.51 bits per heavy atom. The van der Waals surface area contributed by atoms with E-state index in [0.717, 1.165) is 5.56 Å². The highest BCUT2D eigenvalue weighted by Gasteiger charge is 2.34. The second-order valence-electron chi connectivity index (χ2n) is 9.42. The van der Waals surface area contributed by atoms with Crippen molar-refractivity contribution in [3.63, 3.8) is 0 Å². The van der Waals surface area contributed by atoms with E-state index in [2.05, 4.69) is 23.8 Å². The normalized spacial score (nSPS) is 14.6. The lowest BCUT2D eigenvalue weighted by molar-refractivity contribution is -0.158. The summed E-state index contributed by atoms with van der Waals surface area (Å²) >= 11 is 0. The van der Waals surface area contributed by atoms with Crippen LogP contribution in [0.3, 0.4) is 0 Å². The molecule has 0 heterocycles. The van der Waals surface area contributed by atoms with Crippen LogP contribution in [0.2, 0.25) is 0 Å². The molecule has 2 aromatic carbocycles. The Hall–Kier alpha value is -3.75. The molecule has 8 nitrogen and oxygen atoms in total. The summed E-state index contributed by atoms with van der Waals surface area (Å²) in [7, 11) is 1.48. The minimum atomic E-state index is -1.09. The lowest BCUT2D eigenvalue weighted by Gasteiger charge is -2.30. The van der Waals surface area contributed by atoms with Crippen LogP contribution in [0, 0.1) is 11.8 Å². The maximum atomic E-state index is 13.5. The van der Waals surface area contributed by atoms with Crippen molar-refractivity contribution in [2.75, 3.05) is 20.3 Å². The van der Waals surface area contributed by atoms with Gasteiger partial charge in [-0.2, -0.15) is 0 Å². The highest BCUT2D eigenvalue weighted by atomic mass is 16.5.